The summed E-state index contributed by atoms with van der Waals surface area (Å²) < 4.78 is 18.4. The van der Waals surface area contributed by atoms with E-state index in [0.29, 0.717) is 60.9 Å². The number of benzene rings is 1. The number of nitrogens with zero attached hydrogens (tertiary/aromatic N) is 5. The fraction of sp³-hybridized carbons (Fsp3) is 0.364. The molecule has 1 atom stereocenters. The van der Waals surface area contributed by atoms with Gasteiger partial charge in [0.05, 0.1) is 62.2 Å². The van der Waals surface area contributed by atoms with Crippen molar-refractivity contribution in [3.8, 4) is 17.0 Å². The molecule has 2 aromatic heterocycles. The Morgan fingerprint density at radius 1 is 1.33 bits per heavy atom. The van der Waals surface area contributed by atoms with Gasteiger partial charge in [-0.15, -0.1) is 0 Å². The van der Waals surface area contributed by atoms with Crippen LogP contribution in [0.1, 0.15) is 11.7 Å². The smallest absolute Gasteiger partial charge is 0.227 e. The first-order chi connectivity index (χ1) is 16.1. The molecule has 11 heteroatoms. The van der Waals surface area contributed by atoms with Crippen molar-refractivity contribution in [1.29, 1.82) is 0 Å². The summed E-state index contributed by atoms with van der Waals surface area (Å²) in [5.74, 6) is 0.944. The zero-order chi connectivity index (χ0) is 23.2. The summed E-state index contributed by atoms with van der Waals surface area (Å²) in [5.41, 5.74) is 2.82. The second-order valence-corrected chi connectivity index (χ2v) is 7.79. The number of hydrogen-bond donors (Lipinski definition) is 1. The van der Waals surface area contributed by atoms with Crippen molar-refractivity contribution in [2.24, 2.45) is 0 Å². The minimum atomic E-state index is -0.313. The second-order valence-electron chi connectivity index (χ2n) is 7.38. The van der Waals surface area contributed by atoms with Gasteiger partial charge in [-0.05, 0) is 6.07 Å². The molecule has 1 aliphatic rings. The molecule has 1 unspecified atom stereocenters. The summed E-state index contributed by atoms with van der Waals surface area (Å²) in [6.45, 7) is 2.63. The van der Waals surface area contributed by atoms with Crippen molar-refractivity contribution in [2.45, 2.75) is 12.6 Å². The summed E-state index contributed by atoms with van der Waals surface area (Å²) in [6.07, 6.45) is 5.62. The van der Waals surface area contributed by atoms with Crippen LogP contribution in [-0.4, -0.2) is 71.6 Å². The number of morpholine rings is 1. The van der Waals surface area contributed by atoms with Crippen LogP contribution in [0.4, 0.5) is 11.6 Å². The third kappa shape index (κ3) is 5.24. The van der Waals surface area contributed by atoms with Crippen LogP contribution in [0.15, 0.2) is 36.8 Å². The van der Waals surface area contributed by atoms with Crippen molar-refractivity contribution in [1.82, 2.24) is 24.6 Å². The van der Waals surface area contributed by atoms with Crippen molar-refractivity contribution in [3.63, 3.8) is 0 Å². The Labute approximate surface area is 196 Å². The average Bonchev–Trinajstić information content (AvgIpc) is 3.32. The topological polar surface area (TPSA) is 104 Å². The van der Waals surface area contributed by atoms with Gasteiger partial charge >= 0.3 is 0 Å². The summed E-state index contributed by atoms with van der Waals surface area (Å²) in [6, 6.07) is 5.65. The van der Waals surface area contributed by atoms with E-state index in [1.807, 2.05) is 24.4 Å². The highest BCUT2D eigenvalue weighted by molar-refractivity contribution is 6.32. The van der Waals surface area contributed by atoms with E-state index in [9.17, 15) is 4.79 Å². The lowest BCUT2D eigenvalue weighted by molar-refractivity contribution is -0.125. The number of rotatable bonds is 9. The van der Waals surface area contributed by atoms with Crippen LogP contribution in [0.25, 0.3) is 11.3 Å². The average molecular weight is 473 g/mol. The van der Waals surface area contributed by atoms with Gasteiger partial charge in [-0.25, -0.2) is 9.97 Å². The standard InChI is InChI=1S/C22H25ClN6O4/c1-31-8-7-29-12-15(10-25-29)20-17(23)11-24-22(26-20)27-21-16(4-3-5-18(21)32-2)19-13-28(14-30)6-9-33-19/h3-5,10-12,14,19H,6-9,13H2,1-2H3,(H,24,26,27). The molecule has 0 spiro atoms. The van der Waals surface area contributed by atoms with Gasteiger partial charge in [0.25, 0.3) is 0 Å². The van der Waals surface area contributed by atoms with Crippen LogP contribution < -0.4 is 10.1 Å². The molecule has 1 amide bonds. The maximum absolute atomic E-state index is 11.3. The maximum Gasteiger partial charge on any atom is 0.227 e. The van der Waals surface area contributed by atoms with Crippen molar-refractivity contribution in [2.75, 3.05) is 45.8 Å². The number of methoxy groups -OCH3 is 2. The van der Waals surface area contributed by atoms with E-state index in [4.69, 9.17) is 25.8 Å². The zero-order valence-electron chi connectivity index (χ0n) is 18.4. The Morgan fingerprint density at radius 3 is 3.00 bits per heavy atom. The number of para-hydroxylation sites is 1. The first-order valence-electron chi connectivity index (χ1n) is 10.4. The highest BCUT2D eigenvalue weighted by atomic mass is 35.5. The Kier molecular flexibility index (Phi) is 7.38. The highest BCUT2D eigenvalue weighted by Gasteiger charge is 2.25. The van der Waals surface area contributed by atoms with Crippen molar-refractivity contribution >= 4 is 29.6 Å². The van der Waals surface area contributed by atoms with Gasteiger partial charge < -0.3 is 24.4 Å². The van der Waals surface area contributed by atoms with Crippen LogP contribution >= 0.6 is 11.6 Å². The number of carbonyl (C=O) groups excluding carboxylic acids is 1. The molecule has 0 radical (unpaired) electrons. The van der Waals surface area contributed by atoms with E-state index in [2.05, 4.69) is 20.4 Å². The number of amides is 1. The van der Waals surface area contributed by atoms with Gasteiger partial charge in [0.1, 0.15) is 11.9 Å². The number of anilines is 2. The number of ether oxygens (including phenoxy) is 3. The molecule has 1 aliphatic heterocycles. The third-order valence-corrected chi connectivity index (χ3v) is 5.56. The molecule has 3 heterocycles. The van der Waals surface area contributed by atoms with E-state index in [1.165, 1.54) is 0 Å². The van der Waals surface area contributed by atoms with Gasteiger partial charge in [0.15, 0.2) is 0 Å². The summed E-state index contributed by atoms with van der Waals surface area (Å²) in [7, 11) is 3.23. The third-order valence-electron chi connectivity index (χ3n) is 5.28. The van der Waals surface area contributed by atoms with E-state index in [0.717, 1.165) is 17.5 Å². The number of carbonyl (C=O) groups is 1. The molecule has 0 saturated carbocycles. The van der Waals surface area contributed by atoms with Gasteiger partial charge in [-0.1, -0.05) is 23.7 Å². The molecule has 174 valence electrons. The first kappa shape index (κ1) is 23.0. The summed E-state index contributed by atoms with van der Waals surface area (Å²) >= 11 is 6.39. The van der Waals surface area contributed by atoms with Gasteiger partial charge in [-0.2, -0.15) is 5.10 Å². The van der Waals surface area contributed by atoms with Crippen LogP contribution in [0.5, 0.6) is 5.75 Å². The van der Waals surface area contributed by atoms with Crippen LogP contribution in [0, 0.1) is 0 Å². The van der Waals surface area contributed by atoms with Gasteiger partial charge in [0.2, 0.25) is 12.4 Å². The lowest BCUT2D eigenvalue weighted by Crippen LogP contribution is -2.37. The van der Waals surface area contributed by atoms with E-state index >= 15 is 0 Å². The SMILES string of the molecule is COCCn1cc(-c2nc(Nc3c(OC)cccc3C3CN(C=O)CCO3)ncc2Cl)cn1. The van der Waals surface area contributed by atoms with Crippen LogP contribution in [0.2, 0.25) is 5.02 Å². The molecule has 10 nitrogen and oxygen atoms in total. The van der Waals surface area contributed by atoms with Crippen LogP contribution in [-0.2, 0) is 20.8 Å². The molecule has 33 heavy (non-hydrogen) atoms. The molecule has 1 N–H and O–H groups in total. The zero-order valence-corrected chi connectivity index (χ0v) is 19.2. The van der Waals surface area contributed by atoms with Crippen molar-refractivity contribution < 1.29 is 19.0 Å². The van der Waals surface area contributed by atoms with Crippen molar-refractivity contribution in [3.05, 3.63) is 47.4 Å². The number of halogens is 1. The Hall–Kier alpha value is -3.21. The largest absolute Gasteiger partial charge is 0.495 e. The first-order valence-corrected chi connectivity index (χ1v) is 10.8. The fourth-order valence-corrected chi connectivity index (χ4v) is 3.81. The Balaban J connectivity index is 1.64. The molecule has 0 aliphatic carbocycles. The van der Waals surface area contributed by atoms with Gasteiger partial charge in [-0.3, -0.25) is 9.48 Å². The normalized spacial score (nSPS) is 16.0. The molecule has 1 saturated heterocycles. The fourth-order valence-electron chi connectivity index (χ4n) is 3.61. The Bertz CT molecular complexity index is 1110. The molecular formula is C22H25ClN6O4. The molecule has 4 rings (SSSR count). The Morgan fingerprint density at radius 2 is 2.21 bits per heavy atom. The molecular weight excluding hydrogens is 448 g/mol. The van der Waals surface area contributed by atoms with E-state index in [-0.39, 0.29) is 6.10 Å². The monoisotopic (exact) mass is 472 g/mol. The predicted molar refractivity (Wildman–Crippen MR) is 123 cm³/mol. The summed E-state index contributed by atoms with van der Waals surface area (Å²) in [4.78, 5) is 21.9. The number of hydrogen-bond acceptors (Lipinski definition) is 8. The lowest BCUT2D eigenvalue weighted by Gasteiger charge is -2.31. The predicted octanol–water partition coefficient (Wildman–Crippen LogP) is 2.92. The second kappa shape index (κ2) is 10.6. The molecule has 1 fully saturated rings. The quantitative estimate of drug-likeness (QED) is 0.474. The molecule has 3 aromatic rings. The molecule has 1 aromatic carbocycles. The van der Waals surface area contributed by atoms with E-state index in [1.54, 1.807) is 36.2 Å². The van der Waals surface area contributed by atoms with Crippen LogP contribution in [0.3, 0.4) is 0 Å². The van der Waals surface area contributed by atoms with E-state index < -0.39 is 0 Å². The lowest BCUT2D eigenvalue weighted by atomic mass is 10.0. The highest BCUT2D eigenvalue weighted by Crippen LogP contribution is 2.37. The minimum Gasteiger partial charge on any atom is -0.495 e. The van der Waals surface area contributed by atoms with Gasteiger partial charge in [0, 0.05) is 31.0 Å². The molecule has 0 bridgehead atoms. The maximum atomic E-state index is 11.3. The number of aromatic nitrogens is 4. The summed E-state index contributed by atoms with van der Waals surface area (Å²) in [5, 5.41) is 8.00. The minimum absolute atomic E-state index is 0.313. The number of nitrogens with one attached hydrogen (secondary N) is 1.